The van der Waals surface area contributed by atoms with Crippen molar-refractivity contribution in [2.45, 2.75) is 37.3 Å². The lowest BCUT2D eigenvalue weighted by molar-refractivity contribution is -0.167. The van der Waals surface area contributed by atoms with Crippen LogP contribution in [0.15, 0.2) is 24.3 Å². The minimum atomic E-state index is -0.668. The molecule has 5 heteroatoms. The quantitative estimate of drug-likeness (QED) is 0.895. The lowest BCUT2D eigenvalue weighted by atomic mass is 9.75. The van der Waals surface area contributed by atoms with Gasteiger partial charge in [0.15, 0.2) is 0 Å². The molecule has 1 aliphatic heterocycles. The van der Waals surface area contributed by atoms with Crippen molar-refractivity contribution in [2.75, 3.05) is 27.3 Å². The Bertz CT molecular complexity index is 569. The maximum atomic E-state index is 12.8. The average molecular weight is 318 g/mol. The first kappa shape index (κ1) is 16.3. The van der Waals surface area contributed by atoms with E-state index in [4.69, 9.17) is 15.2 Å². The predicted molar refractivity (Wildman–Crippen MR) is 88.3 cm³/mol. The minimum Gasteiger partial charge on any atom is -0.496 e. The van der Waals surface area contributed by atoms with Gasteiger partial charge >= 0.3 is 0 Å². The topological polar surface area (TPSA) is 64.8 Å². The highest BCUT2D eigenvalue weighted by atomic mass is 16.5. The molecule has 1 atom stereocenters. The van der Waals surface area contributed by atoms with E-state index in [1.807, 2.05) is 23.1 Å². The molecule has 5 nitrogen and oxygen atoms in total. The highest BCUT2D eigenvalue weighted by Gasteiger charge is 2.51. The Morgan fingerprint density at radius 1 is 1.35 bits per heavy atom. The van der Waals surface area contributed by atoms with Gasteiger partial charge in [-0.2, -0.15) is 0 Å². The molecule has 1 aromatic rings. The summed E-state index contributed by atoms with van der Waals surface area (Å²) in [6, 6.07) is 8.19. The number of methoxy groups -OCH3 is 2. The fraction of sp³-hybridized carbons (Fsp3) is 0.611. The Hall–Kier alpha value is -1.59. The number of carbonyl (C=O) groups is 1. The third-order valence-corrected chi connectivity index (χ3v) is 5.24. The number of carbonyl (C=O) groups excluding carboxylic acids is 1. The first-order valence-corrected chi connectivity index (χ1v) is 8.30. The largest absolute Gasteiger partial charge is 0.496 e. The van der Waals surface area contributed by atoms with Crippen LogP contribution in [0.25, 0.3) is 0 Å². The van der Waals surface area contributed by atoms with E-state index in [-0.39, 0.29) is 11.9 Å². The van der Waals surface area contributed by atoms with E-state index in [0.29, 0.717) is 18.8 Å². The van der Waals surface area contributed by atoms with Gasteiger partial charge in [-0.15, -0.1) is 0 Å². The lowest BCUT2D eigenvalue weighted by Gasteiger charge is -2.45. The highest BCUT2D eigenvalue weighted by Crippen LogP contribution is 2.37. The predicted octanol–water partition coefficient (Wildman–Crippen LogP) is 1.59. The number of nitrogens with two attached hydrogens (primary N) is 1. The molecule has 1 aromatic carbocycles. The number of benzene rings is 1. The number of hydrogen-bond donors (Lipinski definition) is 1. The molecule has 1 aliphatic carbocycles. The molecule has 0 spiro atoms. The summed E-state index contributed by atoms with van der Waals surface area (Å²) in [7, 11) is 3.32. The molecular formula is C18H26N2O3. The normalized spacial score (nSPS) is 30.1. The molecule has 23 heavy (non-hydrogen) atoms. The lowest BCUT2D eigenvalue weighted by Crippen LogP contribution is -2.61. The fourth-order valence-corrected chi connectivity index (χ4v) is 3.87. The molecule has 1 amide bonds. The Morgan fingerprint density at radius 2 is 2.09 bits per heavy atom. The van der Waals surface area contributed by atoms with Crippen molar-refractivity contribution in [3.63, 3.8) is 0 Å². The maximum Gasteiger partial charge on any atom is 0.254 e. The van der Waals surface area contributed by atoms with Crippen molar-refractivity contribution in [3.05, 3.63) is 29.8 Å². The van der Waals surface area contributed by atoms with Crippen molar-refractivity contribution in [3.8, 4) is 5.75 Å². The van der Waals surface area contributed by atoms with Crippen LogP contribution in [0.2, 0.25) is 0 Å². The van der Waals surface area contributed by atoms with E-state index < -0.39 is 5.60 Å². The zero-order valence-electron chi connectivity index (χ0n) is 14.0. The van der Waals surface area contributed by atoms with E-state index in [2.05, 4.69) is 6.07 Å². The van der Waals surface area contributed by atoms with Gasteiger partial charge in [-0.1, -0.05) is 18.2 Å². The standard InChI is InChI=1S/C18H26N2O3/c1-22-16-6-4-3-5-14(16)9-13-7-8-20(12-13)17(21)18(23-2)10-15(19)11-18/h3-6,13,15H,7-12,19H2,1-2H3. The second-order valence-corrected chi connectivity index (χ2v) is 6.79. The molecule has 0 bridgehead atoms. The van der Waals surface area contributed by atoms with Crippen LogP contribution in [0.3, 0.4) is 0 Å². The number of ether oxygens (including phenoxy) is 2. The summed E-state index contributed by atoms with van der Waals surface area (Å²) in [6.45, 7) is 1.59. The monoisotopic (exact) mass is 318 g/mol. The number of rotatable bonds is 5. The summed E-state index contributed by atoms with van der Waals surface area (Å²) in [4.78, 5) is 14.7. The zero-order valence-corrected chi connectivity index (χ0v) is 14.0. The molecule has 2 aliphatic rings. The Labute approximate surface area is 137 Å². The van der Waals surface area contributed by atoms with Crippen LogP contribution in [0.1, 0.15) is 24.8 Å². The van der Waals surface area contributed by atoms with Gasteiger partial charge in [0, 0.05) is 39.1 Å². The average Bonchev–Trinajstić information content (AvgIpc) is 3.00. The number of nitrogens with zero attached hydrogens (tertiary/aromatic N) is 1. The van der Waals surface area contributed by atoms with E-state index in [1.165, 1.54) is 5.56 Å². The smallest absolute Gasteiger partial charge is 0.254 e. The van der Waals surface area contributed by atoms with Gasteiger partial charge < -0.3 is 20.1 Å². The third-order valence-electron chi connectivity index (χ3n) is 5.24. The zero-order chi connectivity index (χ0) is 16.4. The van der Waals surface area contributed by atoms with Crippen LogP contribution >= 0.6 is 0 Å². The van der Waals surface area contributed by atoms with E-state index >= 15 is 0 Å². The van der Waals surface area contributed by atoms with E-state index in [1.54, 1.807) is 14.2 Å². The van der Waals surface area contributed by atoms with Gasteiger partial charge in [0.2, 0.25) is 0 Å². The second-order valence-electron chi connectivity index (χ2n) is 6.79. The summed E-state index contributed by atoms with van der Waals surface area (Å²) in [5.74, 6) is 1.51. The molecule has 1 unspecified atom stereocenters. The SMILES string of the molecule is COc1ccccc1CC1CCN(C(=O)C2(OC)CC(N)C2)C1. The van der Waals surface area contributed by atoms with Crippen LogP contribution in [0, 0.1) is 5.92 Å². The molecule has 0 radical (unpaired) electrons. The first-order valence-electron chi connectivity index (χ1n) is 8.30. The Kier molecular flexibility index (Phi) is 4.60. The fourth-order valence-electron chi connectivity index (χ4n) is 3.87. The minimum absolute atomic E-state index is 0.0888. The van der Waals surface area contributed by atoms with Crippen LogP contribution in [0.5, 0.6) is 5.75 Å². The van der Waals surface area contributed by atoms with Gasteiger partial charge in [-0.25, -0.2) is 0 Å². The molecular weight excluding hydrogens is 292 g/mol. The van der Waals surface area contributed by atoms with Gasteiger partial charge in [-0.3, -0.25) is 4.79 Å². The van der Waals surface area contributed by atoms with Gasteiger partial charge in [0.1, 0.15) is 11.4 Å². The van der Waals surface area contributed by atoms with Crippen molar-refractivity contribution in [2.24, 2.45) is 11.7 Å². The molecule has 1 saturated carbocycles. The number of amides is 1. The highest BCUT2D eigenvalue weighted by molar-refractivity contribution is 5.87. The van der Waals surface area contributed by atoms with Crippen molar-refractivity contribution >= 4 is 5.91 Å². The van der Waals surface area contributed by atoms with Crippen molar-refractivity contribution < 1.29 is 14.3 Å². The Morgan fingerprint density at radius 3 is 2.74 bits per heavy atom. The molecule has 3 rings (SSSR count). The van der Waals surface area contributed by atoms with Crippen molar-refractivity contribution in [1.82, 2.24) is 4.90 Å². The van der Waals surface area contributed by atoms with Crippen LogP contribution in [-0.2, 0) is 16.0 Å². The number of hydrogen-bond acceptors (Lipinski definition) is 4. The van der Waals surface area contributed by atoms with E-state index in [0.717, 1.165) is 31.7 Å². The van der Waals surface area contributed by atoms with Crippen LogP contribution in [0.4, 0.5) is 0 Å². The molecule has 126 valence electrons. The number of para-hydroxylation sites is 1. The number of likely N-dealkylation sites (tertiary alicyclic amines) is 1. The third kappa shape index (κ3) is 3.08. The summed E-state index contributed by atoms with van der Waals surface area (Å²) >= 11 is 0. The molecule has 2 N–H and O–H groups in total. The summed E-state index contributed by atoms with van der Waals surface area (Å²) in [5.41, 5.74) is 6.40. The second kappa shape index (κ2) is 6.49. The first-order chi connectivity index (χ1) is 11.1. The van der Waals surface area contributed by atoms with Gasteiger partial charge in [0.25, 0.3) is 5.91 Å². The Balaban J connectivity index is 1.61. The van der Waals surface area contributed by atoms with Crippen LogP contribution in [-0.4, -0.2) is 49.8 Å². The van der Waals surface area contributed by atoms with E-state index in [9.17, 15) is 4.79 Å². The molecule has 2 fully saturated rings. The van der Waals surface area contributed by atoms with Crippen LogP contribution < -0.4 is 10.5 Å². The maximum absolute atomic E-state index is 12.8. The van der Waals surface area contributed by atoms with Gasteiger partial charge in [0.05, 0.1) is 7.11 Å². The molecule has 1 saturated heterocycles. The van der Waals surface area contributed by atoms with Gasteiger partial charge in [-0.05, 0) is 30.4 Å². The van der Waals surface area contributed by atoms with Crippen molar-refractivity contribution in [1.29, 1.82) is 0 Å². The summed E-state index contributed by atoms with van der Waals surface area (Å²) in [5, 5.41) is 0. The molecule has 1 heterocycles. The summed E-state index contributed by atoms with van der Waals surface area (Å²) in [6.07, 6.45) is 3.23. The summed E-state index contributed by atoms with van der Waals surface area (Å²) < 4.78 is 10.9. The molecule has 0 aromatic heterocycles.